The number of benzene rings is 3. The molecule has 0 unspecified atom stereocenters. The van der Waals surface area contributed by atoms with Gasteiger partial charge in [-0.3, -0.25) is 0 Å². The highest BCUT2D eigenvalue weighted by atomic mass is 19.1. The topological polar surface area (TPSA) is 21.3 Å². The molecule has 1 N–H and O–H groups in total. The Morgan fingerprint density at radius 2 is 1.71 bits per heavy atom. The van der Waals surface area contributed by atoms with Crippen LogP contribution in [0.1, 0.15) is 5.56 Å². The number of nitrogens with one attached hydrogen (secondary N) is 1. The molecule has 0 saturated heterocycles. The molecule has 2 nitrogen and oxygen atoms in total. The Bertz CT molecular complexity index is 770. The number of para-hydroxylation sites is 1. The second-order valence-electron chi connectivity index (χ2n) is 4.80. The molecule has 0 aliphatic heterocycles. The molecule has 0 aliphatic rings. The number of ether oxygens (including phenoxy) is 1. The molecule has 0 atom stereocenters. The molecule has 3 aromatic carbocycles. The van der Waals surface area contributed by atoms with Crippen LogP contribution in [0, 0.1) is 5.82 Å². The van der Waals surface area contributed by atoms with Crippen molar-refractivity contribution < 1.29 is 9.13 Å². The number of halogens is 1. The summed E-state index contributed by atoms with van der Waals surface area (Å²) in [7, 11) is 1.65. The van der Waals surface area contributed by atoms with Crippen LogP contribution in [-0.2, 0) is 6.54 Å². The van der Waals surface area contributed by atoms with E-state index in [1.807, 2.05) is 30.3 Å². The summed E-state index contributed by atoms with van der Waals surface area (Å²) in [6.07, 6.45) is 0. The summed E-state index contributed by atoms with van der Waals surface area (Å²) in [5, 5.41) is 5.40. The van der Waals surface area contributed by atoms with Gasteiger partial charge in [-0.2, -0.15) is 0 Å². The van der Waals surface area contributed by atoms with Crippen LogP contribution < -0.4 is 10.1 Å². The van der Waals surface area contributed by atoms with Crippen LogP contribution in [0.4, 0.5) is 10.1 Å². The minimum atomic E-state index is -0.253. The van der Waals surface area contributed by atoms with E-state index in [-0.39, 0.29) is 5.82 Å². The standard InChI is InChI=1S/C18H16FNO/c1-21-18-11-10-13-6-2-3-7-14(13)15(18)12-20-17-9-5-4-8-16(17)19/h2-11,20H,12H2,1H3. The Hall–Kier alpha value is -2.55. The van der Waals surface area contributed by atoms with E-state index in [2.05, 4.69) is 17.4 Å². The molecular formula is C18H16FNO. The summed E-state index contributed by atoms with van der Waals surface area (Å²) < 4.78 is 19.1. The molecule has 0 fully saturated rings. The summed E-state index contributed by atoms with van der Waals surface area (Å²) in [5.74, 6) is 0.550. The van der Waals surface area contributed by atoms with E-state index in [1.165, 1.54) is 6.07 Å². The van der Waals surface area contributed by atoms with Gasteiger partial charge in [0.2, 0.25) is 0 Å². The van der Waals surface area contributed by atoms with Gasteiger partial charge in [0, 0.05) is 12.1 Å². The first-order chi connectivity index (χ1) is 10.3. The van der Waals surface area contributed by atoms with E-state index < -0.39 is 0 Å². The second kappa shape index (κ2) is 5.83. The van der Waals surface area contributed by atoms with Crippen LogP contribution in [0.25, 0.3) is 10.8 Å². The maximum Gasteiger partial charge on any atom is 0.146 e. The Balaban J connectivity index is 1.97. The highest BCUT2D eigenvalue weighted by Crippen LogP contribution is 2.29. The summed E-state index contributed by atoms with van der Waals surface area (Å²) in [4.78, 5) is 0. The van der Waals surface area contributed by atoms with Gasteiger partial charge in [-0.1, -0.05) is 42.5 Å². The van der Waals surface area contributed by atoms with Gasteiger partial charge in [0.1, 0.15) is 11.6 Å². The van der Waals surface area contributed by atoms with Crippen molar-refractivity contribution in [3.63, 3.8) is 0 Å². The van der Waals surface area contributed by atoms with Crippen molar-refractivity contribution in [3.8, 4) is 5.75 Å². The van der Waals surface area contributed by atoms with E-state index in [0.29, 0.717) is 12.2 Å². The molecule has 0 radical (unpaired) electrons. The van der Waals surface area contributed by atoms with Crippen LogP contribution in [0.15, 0.2) is 60.7 Å². The Kier molecular flexibility index (Phi) is 3.73. The Morgan fingerprint density at radius 1 is 0.952 bits per heavy atom. The Morgan fingerprint density at radius 3 is 2.52 bits per heavy atom. The maximum atomic E-state index is 13.7. The lowest BCUT2D eigenvalue weighted by atomic mass is 10.0. The van der Waals surface area contributed by atoms with Gasteiger partial charge in [0.05, 0.1) is 12.8 Å². The highest BCUT2D eigenvalue weighted by molar-refractivity contribution is 5.88. The predicted octanol–water partition coefficient (Wildman–Crippen LogP) is 4.60. The third kappa shape index (κ3) is 2.68. The van der Waals surface area contributed by atoms with Crippen molar-refractivity contribution in [2.75, 3.05) is 12.4 Å². The lowest BCUT2D eigenvalue weighted by Gasteiger charge is -2.14. The summed E-state index contributed by atoms with van der Waals surface area (Å²) in [6, 6.07) is 18.7. The van der Waals surface area contributed by atoms with Crippen LogP contribution in [0.5, 0.6) is 5.75 Å². The molecule has 0 aromatic heterocycles. The molecule has 106 valence electrons. The van der Waals surface area contributed by atoms with Gasteiger partial charge in [-0.25, -0.2) is 4.39 Å². The third-order valence-corrected chi connectivity index (χ3v) is 3.55. The minimum absolute atomic E-state index is 0.253. The average molecular weight is 281 g/mol. The smallest absolute Gasteiger partial charge is 0.146 e. The fourth-order valence-corrected chi connectivity index (χ4v) is 2.48. The third-order valence-electron chi connectivity index (χ3n) is 3.55. The predicted molar refractivity (Wildman–Crippen MR) is 84.2 cm³/mol. The largest absolute Gasteiger partial charge is 0.496 e. The SMILES string of the molecule is COc1ccc2ccccc2c1CNc1ccccc1F. The molecule has 3 rings (SSSR count). The summed E-state index contributed by atoms with van der Waals surface area (Å²) in [6.45, 7) is 0.505. The van der Waals surface area contributed by atoms with Crippen molar-refractivity contribution >= 4 is 16.5 Å². The van der Waals surface area contributed by atoms with Crippen molar-refractivity contribution in [2.45, 2.75) is 6.54 Å². The number of hydrogen-bond donors (Lipinski definition) is 1. The number of rotatable bonds is 4. The zero-order chi connectivity index (χ0) is 14.7. The van der Waals surface area contributed by atoms with E-state index in [0.717, 1.165) is 22.1 Å². The van der Waals surface area contributed by atoms with Crippen molar-refractivity contribution in [2.24, 2.45) is 0 Å². The van der Waals surface area contributed by atoms with E-state index in [9.17, 15) is 4.39 Å². The molecule has 0 heterocycles. The van der Waals surface area contributed by atoms with Gasteiger partial charge in [-0.05, 0) is 29.0 Å². The molecule has 0 spiro atoms. The monoisotopic (exact) mass is 281 g/mol. The van der Waals surface area contributed by atoms with Gasteiger partial charge in [-0.15, -0.1) is 0 Å². The second-order valence-corrected chi connectivity index (χ2v) is 4.80. The zero-order valence-electron chi connectivity index (χ0n) is 11.8. The normalized spacial score (nSPS) is 10.6. The van der Waals surface area contributed by atoms with Crippen LogP contribution in [-0.4, -0.2) is 7.11 Å². The van der Waals surface area contributed by atoms with Crippen molar-refractivity contribution in [3.05, 3.63) is 72.0 Å². The first-order valence-electron chi connectivity index (χ1n) is 6.82. The summed E-state index contributed by atoms with van der Waals surface area (Å²) in [5.41, 5.74) is 1.52. The van der Waals surface area contributed by atoms with Gasteiger partial charge in [0.25, 0.3) is 0 Å². The number of anilines is 1. The first-order valence-corrected chi connectivity index (χ1v) is 6.82. The van der Waals surface area contributed by atoms with Gasteiger partial charge >= 0.3 is 0 Å². The van der Waals surface area contributed by atoms with Gasteiger partial charge in [0.15, 0.2) is 0 Å². The minimum Gasteiger partial charge on any atom is -0.496 e. The molecule has 0 amide bonds. The van der Waals surface area contributed by atoms with Crippen molar-refractivity contribution in [1.82, 2.24) is 0 Å². The average Bonchev–Trinajstić information content (AvgIpc) is 2.53. The quantitative estimate of drug-likeness (QED) is 0.754. The molecule has 21 heavy (non-hydrogen) atoms. The van der Waals surface area contributed by atoms with Crippen molar-refractivity contribution in [1.29, 1.82) is 0 Å². The fourth-order valence-electron chi connectivity index (χ4n) is 2.48. The molecule has 0 bridgehead atoms. The lowest BCUT2D eigenvalue weighted by Crippen LogP contribution is -2.04. The Labute approximate surface area is 123 Å². The molecular weight excluding hydrogens is 265 g/mol. The van der Waals surface area contributed by atoms with Crippen LogP contribution in [0.2, 0.25) is 0 Å². The first kappa shape index (κ1) is 13.4. The number of methoxy groups -OCH3 is 1. The van der Waals surface area contributed by atoms with Gasteiger partial charge < -0.3 is 10.1 Å². The van der Waals surface area contributed by atoms with E-state index in [1.54, 1.807) is 19.2 Å². The molecule has 0 saturated carbocycles. The van der Waals surface area contributed by atoms with Crippen LogP contribution in [0.3, 0.4) is 0 Å². The van der Waals surface area contributed by atoms with Crippen LogP contribution >= 0.6 is 0 Å². The highest BCUT2D eigenvalue weighted by Gasteiger charge is 2.09. The zero-order valence-corrected chi connectivity index (χ0v) is 11.8. The molecule has 3 aromatic rings. The number of hydrogen-bond acceptors (Lipinski definition) is 2. The maximum absolute atomic E-state index is 13.7. The van der Waals surface area contributed by atoms with E-state index in [4.69, 9.17) is 4.74 Å². The molecule has 0 aliphatic carbocycles. The number of fused-ring (bicyclic) bond motifs is 1. The molecule has 3 heteroatoms. The van der Waals surface area contributed by atoms with E-state index >= 15 is 0 Å². The fraction of sp³-hybridized carbons (Fsp3) is 0.111. The summed E-state index contributed by atoms with van der Waals surface area (Å²) >= 11 is 0. The lowest BCUT2D eigenvalue weighted by molar-refractivity contribution is 0.411.